The molecule has 1 atom stereocenters. The van der Waals surface area contributed by atoms with Gasteiger partial charge in [0.2, 0.25) is 11.8 Å². The number of anilines is 1. The smallest absolute Gasteiger partial charge is 0.228 e. The number of likely N-dealkylation sites (tertiary alicyclic amines) is 1. The minimum atomic E-state index is -0.220. The third kappa shape index (κ3) is 3.78. The number of aryl methyl sites for hydroxylation is 2. The maximum absolute atomic E-state index is 13.2. The standard InChI is InChI=1S/C21H31N3O2/c1-5-23(18-8-10-22(4)11-9-18)21(26)17-13-20(25)24(14-17)19-7-6-15(2)12-16(19)3/h6-7,12,17-18H,5,8-11,13-14H2,1-4H3/t17-/m1/s1. The first kappa shape index (κ1) is 18.9. The third-order valence-electron chi connectivity index (χ3n) is 5.87. The highest BCUT2D eigenvalue weighted by atomic mass is 16.2. The molecule has 2 aliphatic rings. The van der Waals surface area contributed by atoms with Crippen LogP contribution in [0.4, 0.5) is 5.69 Å². The quantitative estimate of drug-likeness (QED) is 0.832. The van der Waals surface area contributed by atoms with Crippen LogP contribution in [0.2, 0.25) is 0 Å². The molecule has 0 spiro atoms. The third-order valence-corrected chi connectivity index (χ3v) is 5.87. The van der Waals surface area contributed by atoms with Gasteiger partial charge in [0.05, 0.1) is 5.92 Å². The average Bonchev–Trinajstić information content (AvgIpc) is 2.99. The number of rotatable bonds is 4. The second-order valence-corrected chi connectivity index (χ2v) is 7.85. The molecule has 0 aliphatic carbocycles. The fraction of sp³-hybridized carbons (Fsp3) is 0.619. The highest BCUT2D eigenvalue weighted by molar-refractivity contribution is 6.00. The van der Waals surface area contributed by atoms with Gasteiger partial charge in [-0.3, -0.25) is 9.59 Å². The minimum Gasteiger partial charge on any atom is -0.340 e. The van der Waals surface area contributed by atoms with Gasteiger partial charge < -0.3 is 14.7 Å². The number of nitrogens with zero attached hydrogens (tertiary/aromatic N) is 3. The number of hydrogen-bond donors (Lipinski definition) is 0. The number of piperidine rings is 1. The maximum Gasteiger partial charge on any atom is 0.228 e. The average molecular weight is 357 g/mol. The molecule has 0 saturated carbocycles. The highest BCUT2D eigenvalue weighted by Gasteiger charge is 2.39. The normalized spacial score (nSPS) is 22.1. The van der Waals surface area contributed by atoms with Crippen molar-refractivity contribution in [3.8, 4) is 0 Å². The molecule has 0 unspecified atom stereocenters. The first-order chi connectivity index (χ1) is 12.4. The Morgan fingerprint density at radius 2 is 1.92 bits per heavy atom. The Hall–Kier alpha value is -1.88. The van der Waals surface area contributed by atoms with Crippen molar-refractivity contribution in [2.45, 2.75) is 46.1 Å². The van der Waals surface area contributed by atoms with Crippen molar-refractivity contribution < 1.29 is 9.59 Å². The Bertz CT molecular complexity index is 680. The van der Waals surface area contributed by atoms with E-state index in [-0.39, 0.29) is 17.7 Å². The molecule has 5 nitrogen and oxygen atoms in total. The van der Waals surface area contributed by atoms with Gasteiger partial charge >= 0.3 is 0 Å². The van der Waals surface area contributed by atoms with Crippen molar-refractivity contribution in [2.24, 2.45) is 5.92 Å². The van der Waals surface area contributed by atoms with Crippen molar-refractivity contribution in [1.29, 1.82) is 0 Å². The Morgan fingerprint density at radius 1 is 1.23 bits per heavy atom. The minimum absolute atomic E-state index is 0.0646. The molecular weight excluding hydrogens is 326 g/mol. The fourth-order valence-corrected chi connectivity index (χ4v) is 4.35. The Morgan fingerprint density at radius 3 is 2.54 bits per heavy atom. The van der Waals surface area contributed by atoms with Crippen LogP contribution in [0.3, 0.4) is 0 Å². The predicted octanol–water partition coefficient (Wildman–Crippen LogP) is 2.60. The lowest BCUT2D eigenvalue weighted by Gasteiger charge is -2.38. The molecule has 5 heteroatoms. The molecule has 2 amide bonds. The molecule has 2 saturated heterocycles. The van der Waals surface area contributed by atoms with Crippen molar-refractivity contribution in [2.75, 3.05) is 38.1 Å². The molecule has 2 fully saturated rings. The second kappa shape index (κ2) is 7.78. The fourth-order valence-electron chi connectivity index (χ4n) is 4.35. The monoisotopic (exact) mass is 357 g/mol. The second-order valence-electron chi connectivity index (χ2n) is 7.85. The lowest BCUT2D eigenvalue weighted by Crippen LogP contribution is -2.48. The largest absolute Gasteiger partial charge is 0.340 e. The van der Waals surface area contributed by atoms with Gasteiger partial charge in [-0.2, -0.15) is 0 Å². The van der Waals surface area contributed by atoms with Crippen LogP contribution in [0.25, 0.3) is 0 Å². The number of amides is 2. The molecule has 1 aromatic carbocycles. The van der Waals surface area contributed by atoms with Crippen LogP contribution in [-0.4, -0.2) is 60.9 Å². The summed E-state index contributed by atoms with van der Waals surface area (Å²) in [6, 6.07) is 6.44. The first-order valence-corrected chi connectivity index (χ1v) is 9.77. The van der Waals surface area contributed by atoms with Crippen molar-refractivity contribution in [3.63, 3.8) is 0 Å². The van der Waals surface area contributed by atoms with Gasteiger partial charge in [-0.05, 0) is 65.4 Å². The summed E-state index contributed by atoms with van der Waals surface area (Å²) < 4.78 is 0. The summed E-state index contributed by atoms with van der Waals surface area (Å²) in [6.45, 7) is 9.43. The van der Waals surface area contributed by atoms with Gasteiger partial charge in [0.25, 0.3) is 0 Å². The van der Waals surface area contributed by atoms with Crippen LogP contribution >= 0.6 is 0 Å². The van der Waals surface area contributed by atoms with Crippen molar-refractivity contribution in [3.05, 3.63) is 29.3 Å². The molecular formula is C21H31N3O2. The van der Waals surface area contributed by atoms with Crippen LogP contribution in [0.1, 0.15) is 37.3 Å². The summed E-state index contributed by atoms with van der Waals surface area (Å²) in [7, 11) is 2.13. The van der Waals surface area contributed by atoms with Crippen LogP contribution in [0.5, 0.6) is 0 Å². The van der Waals surface area contributed by atoms with E-state index < -0.39 is 0 Å². The summed E-state index contributed by atoms with van der Waals surface area (Å²) in [5.74, 6) is 0.000195. The van der Waals surface area contributed by atoms with E-state index in [0.29, 0.717) is 19.0 Å². The lowest BCUT2D eigenvalue weighted by molar-refractivity contribution is -0.138. The van der Waals surface area contributed by atoms with E-state index in [0.717, 1.165) is 43.7 Å². The van der Waals surface area contributed by atoms with E-state index in [9.17, 15) is 9.59 Å². The molecule has 0 radical (unpaired) electrons. The molecule has 26 heavy (non-hydrogen) atoms. The van der Waals surface area contributed by atoms with E-state index >= 15 is 0 Å². The van der Waals surface area contributed by atoms with Gasteiger partial charge in [0.1, 0.15) is 0 Å². The van der Waals surface area contributed by atoms with E-state index in [2.05, 4.69) is 31.9 Å². The van der Waals surface area contributed by atoms with Gasteiger partial charge in [0, 0.05) is 31.2 Å². The molecule has 0 N–H and O–H groups in total. The molecule has 3 rings (SSSR count). The van der Waals surface area contributed by atoms with E-state index in [1.807, 2.05) is 24.0 Å². The van der Waals surface area contributed by atoms with E-state index in [4.69, 9.17) is 0 Å². The van der Waals surface area contributed by atoms with Crippen molar-refractivity contribution in [1.82, 2.24) is 9.80 Å². The van der Waals surface area contributed by atoms with Gasteiger partial charge in [-0.1, -0.05) is 17.7 Å². The van der Waals surface area contributed by atoms with Crippen LogP contribution in [0.15, 0.2) is 18.2 Å². The number of carbonyl (C=O) groups excluding carboxylic acids is 2. The summed E-state index contributed by atoms with van der Waals surface area (Å²) >= 11 is 0. The summed E-state index contributed by atoms with van der Waals surface area (Å²) in [6.07, 6.45) is 2.38. The molecule has 2 heterocycles. The van der Waals surface area contributed by atoms with Crippen molar-refractivity contribution >= 4 is 17.5 Å². The predicted molar refractivity (Wildman–Crippen MR) is 104 cm³/mol. The molecule has 0 aromatic heterocycles. The van der Waals surface area contributed by atoms with Crippen LogP contribution in [-0.2, 0) is 9.59 Å². The Labute approximate surface area is 156 Å². The summed E-state index contributed by atoms with van der Waals surface area (Å²) in [5.41, 5.74) is 3.22. The molecule has 0 bridgehead atoms. The van der Waals surface area contributed by atoms with Gasteiger partial charge in [-0.15, -0.1) is 0 Å². The number of carbonyl (C=O) groups is 2. The summed E-state index contributed by atoms with van der Waals surface area (Å²) in [4.78, 5) is 31.9. The molecule has 1 aromatic rings. The number of benzene rings is 1. The Kier molecular flexibility index (Phi) is 5.66. The highest BCUT2D eigenvalue weighted by Crippen LogP contribution is 2.30. The van der Waals surface area contributed by atoms with E-state index in [1.54, 1.807) is 4.90 Å². The van der Waals surface area contributed by atoms with Gasteiger partial charge in [0.15, 0.2) is 0 Å². The molecule has 2 aliphatic heterocycles. The lowest BCUT2D eigenvalue weighted by atomic mass is 10.00. The zero-order valence-corrected chi connectivity index (χ0v) is 16.5. The number of hydrogen-bond acceptors (Lipinski definition) is 3. The zero-order chi connectivity index (χ0) is 18.8. The Balaban J connectivity index is 1.71. The van der Waals surface area contributed by atoms with Crippen LogP contribution < -0.4 is 4.90 Å². The van der Waals surface area contributed by atoms with E-state index in [1.165, 1.54) is 5.56 Å². The first-order valence-electron chi connectivity index (χ1n) is 9.77. The topological polar surface area (TPSA) is 43.9 Å². The van der Waals surface area contributed by atoms with Gasteiger partial charge in [-0.25, -0.2) is 0 Å². The SMILES string of the molecule is CCN(C(=O)[C@@H]1CC(=O)N(c2ccc(C)cc2C)C1)C1CCN(C)CC1. The van der Waals surface area contributed by atoms with Crippen LogP contribution in [0, 0.1) is 19.8 Å². The summed E-state index contributed by atoms with van der Waals surface area (Å²) in [5, 5.41) is 0. The zero-order valence-electron chi connectivity index (χ0n) is 16.5. The molecule has 142 valence electrons. The maximum atomic E-state index is 13.2.